The van der Waals surface area contributed by atoms with Crippen molar-refractivity contribution in [1.82, 2.24) is 10.2 Å². The molecule has 2 heterocycles. The number of carboxylic acids is 3. The number of nitrogens with zero attached hydrogens (tertiary/aromatic N) is 1. The van der Waals surface area contributed by atoms with Gasteiger partial charge in [0.05, 0.1) is 11.1 Å². The van der Waals surface area contributed by atoms with Crippen molar-refractivity contribution in [3.63, 3.8) is 0 Å². The van der Waals surface area contributed by atoms with E-state index < -0.39 is 17.9 Å². The Hall–Kier alpha value is -2.94. The van der Waals surface area contributed by atoms with Crippen LogP contribution in [-0.2, 0) is 9.59 Å². The predicted molar refractivity (Wildman–Crippen MR) is 105 cm³/mol. The van der Waals surface area contributed by atoms with E-state index in [9.17, 15) is 14.4 Å². The number of rotatable bonds is 3. The number of nitrogens with one attached hydrogen (secondary N) is 1. The van der Waals surface area contributed by atoms with Gasteiger partial charge in [0.15, 0.2) is 0 Å². The summed E-state index contributed by atoms with van der Waals surface area (Å²) in [6, 6.07) is 4.53. The van der Waals surface area contributed by atoms with Crippen molar-refractivity contribution in [2.75, 3.05) is 19.6 Å². The molecule has 0 spiro atoms. The Bertz CT molecular complexity index is 706. The van der Waals surface area contributed by atoms with Crippen molar-refractivity contribution in [1.29, 1.82) is 0 Å². The van der Waals surface area contributed by atoms with Crippen LogP contribution in [0.1, 0.15) is 58.9 Å². The lowest BCUT2D eigenvalue weighted by molar-refractivity contribution is -0.134. The number of benzene rings is 1. The second-order valence-electron chi connectivity index (χ2n) is 6.89. The lowest BCUT2D eigenvalue weighted by Crippen LogP contribution is -2.43. The summed E-state index contributed by atoms with van der Waals surface area (Å²) >= 11 is 0. The molecular weight excluding hydrogens is 380 g/mol. The van der Waals surface area contributed by atoms with Crippen LogP contribution in [0.4, 0.5) is 0 Å². The monoisotopic (exact) mass is 408 g/mol. The van der Waals surface area contributed by atoms with Crippen molar-refractivity contribution in [2.24, 2.45) is 0 Å². The molecule has 1 aromatic carbocycles. The predicted octanol–water partition coefficient (Wildman–Crippen LogP) is 1.84. The molecule has 0 unspecified atom stereocenters. The van der Waals surface area contributed by atoms with Gasteiger partial charge in [-0.1, -0.05) is 0 Å². The van der Waals surface area contributed by atoms with Gasteiger partial charge in [-0.05, 0) is 63.0 Å². The van der Waals surface area contributed by atoms with Crippen LogP contribution in [-0.4, -0.2) is 69.7 Å². The molecule has 0 aliphatic carbocycles. The number of amides is 1. The molecule has 2 aliphatic rings. The summed E-state index contributed by atoms with van der Waals surface area (Å²) < 4.78 is 0. The molecule has 3 rings (SSSR count). The molecule has 4 N–H and O–H groups in total. The van der Waals surface area contributed by atoms with E-state index in [4.69, 9.17) is 20.1 Å². The van der Waals surface area contributed by atoms with E-state index in [1.807, 2.05) is 0 Å². The van der Waals surface area contributed by atoms with E-state index >= 15 is 0 Å². The highest BCUT2D eigenvalue weighted by atomic mass is 16.4. The molecule has 9 nitrogen and oxygen atoms in total. The summed E-state index contributed by atoms with van der Waals surface area (Å²) in [5, 5.41) is 28.0. The Morgan fingerprint density at radius 2 is 1.48 bits per heavy atom. The number of carbonyl (C=O) groups is 4. The lowest BCUT2D eigenvalue weighted by atomic mass is 10.1. The number of piperidine rings is 1. The third-order valence-corrected chi connectivity index (χ3v) is 4.43. The fraction of sp³-hybridized carbons (Fsp3) is 0.500. The second kappa shape index (κ2) is 11.8. The number of aliphatic carboxylic acids is 1. The Balaban J connectivity index is 0.000000246. The van der Waals surface area contributed by atoms with Crippen molar-refractivity contribution in [2.45, 2.75) is 45.6 Å². The average Bonchev–Trinajstić information content (AvgIpc) is 3.08. The van der Waals surface area contributed by atoms with Crippen molar-refractivity contribution in [3.8, 4) is 0 Å². The van der Waals surface area contributed by atoms with E-state index in [0.29, 0.717) is 17.5 Å². The van der Waals surface area contributed by atoms with Gasteiger partial charge in [0, 0.05) is 25.9 Å². The van der Waals surface area contributed by atoms with Gasteiger partial charge < -0.3 is 25.5 Å². The molecule has 0 radical (unpaired) electrons. The molecule has 9 heteroatoms. The van der Waals surface area contributed by atoms with Gasteiger partial charge in [0.2, 0.25) is 5.91 Å². The number of hydrogen-bond donors (Lipinski definition) is 4. The molecule has 1 amide bonds. The van der Waals surface area contributed by atoms with Crippen LogP contribution in [0.3, 0.4) is 0 Å². The molecule has 160 valence electrons. The van der Waals surface area contributed by atoms with Crippen LogP contribution in [0, 0.1) is 6.92 Å². The molecule has 0 saturated carbocycles. The summed E-state index contributed by atoms with van der Waals surface area (Å²) in [5.74, 6) is -2.70. The van der Waals surface area contributed by atoms with Crippen LogP contribution in [0.2, 0.25) is 0 Å². The summed E-state index contributed by atoms with van der Waals surface area (Å²) in [4.78, 5) is 43.5. The first-order valence-electron chi connectivity index (χ1n) is 9.39. The Labute approximate surface area is 169 Å². The molecule has 2 aliphatic heterocycles. The van der Waals surface area contributed by atoms with Gasteiger partial charge in [-0.15, -0.1) is 0 Å². The van der Waals surface area contributed by atoms with Gasteiger partial charge >= 0.3 is 11.9 Å². The van der Waals surface area contributed by atoms with Gasteiger partial charge in [0.25, 0.3) is 5.97 Å². The zero-order valence-electron chi connectivity index (χ0n) is 16.7. The van der Waals surface area contributed by atoms with Gasteiger partial charge in [-0.2, -0.15) is 0 Å². The topological polar surface area (TPSA) is 144 Å². The highest BCUT2D eigenvalue weighted by molar-refractivity contribution is 5.94. The maximum absolute atomic E-state index is 11.4. The number of aromatic carboxylic acids is 2. The summed E-state index contributed by atoms with van der Waals surface area (Å²) in [6.07, 6.45) is 4.14. The SMILES string of the molecule is CC(=O)O.Cc1cc(C(=O)O)cc(C(=O)O)c1.O=C1CCCN1C1CCNCC1. The van der Waals surface area contributed by atoms with Crippen LogP contribution < -0.4 is 5.32 Å². The van der Waals surface area contributed by atoms with E-state index in [0.717, 1.165) is 58.3 Å². The smallest absolute Gasteiger partial charge is 0.335 e. The van der Waals surface area contributed by atoms with E-state index in [2.05, 4.69) is 10.2 Å². The lowest BCUT2D eigenvalue weighted by Gasteiger charge is -2.31. The van der Waals surface area contributed by atoms with Gasteiger partial charge in [-0.3, -0.25) is 9.59 Å². The second-order valence-corrected chi connectivity index (χ2v) is 6.89. The van der Waals surface area contributed by atoms with E-state index in [1.54, 1.807) is 6.92 Å². The molecule has 0 atom stereocenters. The van der Waals surface area contributed by atoms with Gasteiger partial charge in [0.1, 0.15) is 0 Å². The average molecular weight is 408 g/mol. The third-order valence-electron chi connectivity index (χ3n) is 4.43. The quantitative estimate of drug-likeness (QED) is 0.593. The first kappa shape index (κ1) is 24.1. The normalized spacial score (nSPS) is 16.2. The first-order chi connectivity index (χ1) is 13.6. The molecule has 2 fully saturated rings. The van der Waals surface area contributed by atoms with Gasteiger partial charge in [-0.25, -0.2) is 9.59 Å². The van der Waals surface area contributed by atoms with E-state index in [1.165, 1.54) is 12.1 Å². The standard InChI is InChI=1S/C9H16N2O.C9H8O4.C2H4O2/c12-9-2-1-7-11(9)8-3-5-10-6-4-8;1-5-2-6(8(10)11)4-7(3-5)9(12)13;1-2(3)4/h8,10H,1-7H2;2-4H,1H3,(H,10,11)(H,12,13);1H3,(H,3,4). The van der Waals surface area contributed by atoms with Crippen LogP contribution in [0.25, 0.3) is 0 Å². The molecule has 1 aromatic rings. The fourth-order valence-electron chi connectivity index (χ4n) is 3.20. The summed E-state index contributed by atoms with van der Waals surface area (Å²) in [5.41, 5.74) is 0.618. The molecule has 2 saturated heterocycles. The summed E-state index contributed by atoms with van der Waals surface area (Å²) in [7, 11) is 0. The maximum Gasteiger partial charge on any atom is 0.335 e. The van der Waals surface area contributed by atoms with E-state index in [-0.39, 0.29) is 11.1 Å². The fourth-order valence-corrected chi connectivity index (χ4v) is 3.20. The van der Waals surface area contributed by atoms with Crippen LogP contribution in [0.5, 0.6) is 0 Å². The molecule has 0 bridgehead atoms. The van der Waals surface area contributed by atoms with Crippen LogP contribution in [0.15, 0.2) is 18.2 Å². The molecule has 29 heavy (non-hydrogen) atoms. The maximum atomic E-state index is 11.4. The third kappa shape index (κ3) is 8.73. The largest absolute Gasteiger partial charge is 0.481 e. The number of likely N-dealkylation sites (tertiary alicyclic amines) is 1. The minimum absolute atomic E-state index is 0.00241. The Morgan fingerprint density at radius 1 is 1.00 bits per heavy atom. The van der Waals surface area contributed by atoms with Crippen LogP contribution >= 0.6 is 0 Å². The highest BCUT2D eigenvalue weighted by Gasteiger charge is 2.28. The highest BCUT2D eigenvalue weighted by Crippen LogP contribution is 2.19. The number of aryl methyl sites for hydroxylation is 1. The number of carboxylic acid groups (broad SMARTS) is 3. The minimum Gasteiger partial charge on any atom is -0.481 e. The van der Waals surface area contributed by atoms with Crippen molar-refractivity contribution in [3.05, 3.63) is 34.9 Å². The van der Waals surface area contributed by atoms with Crippen molar-refractivity contribution >= 4 is 23.8 Å². The Morgan fingerprint density at radius 3 is 1.86 bits per heavy atom. The number of hydrogen-bond acceptors (Lipinski definition) is 5. The molecular formula is C20H28N2O7. The summed E-state index contributed by atoms with van der Waals surface area (Å²) in [6.45, 7) is 5.89. The zero-order valence-corrected chi connectivity index (χ0v) is 16.7. The first-order valence-corrected chi connectivity index (χ1v) is 9.39. The minimum atomic E-state index is -1.12. The number of carbonyl (C=O) groups excluding carboxylic acids is 1. The zero-order chi connectivity index (χ0) is 22.0. The Kier molecular flexibility index (Phi) is 9.81. The molecule has 0 aromatic heterocycles. The van der Waals surface area contributed by atoms with Crippen molar-refractivity contribution < 1.29 is 34.5 Å².